The molecular weight excluding hydrogens is 156 g/mol. The summed E-state index contributed by atoms with van der Waals surface area (Å²) in [6.07, 6.45) is 2.05. The van der Waals surface area contributed by atoms with Crippen molar-refractivity contribution in [2.45, 2.75) is 18.7 Å². The van der Waals surface area contributed by atoms with Gasteiger partial charge in [-0.15, -0.1) is 11.8 Å². The van der Waals surface area contributed by atoms with Gasteiger partial charge in [-0.1, -0.05) is 0 Å². The molecule has 60 valence electrons. The molecule has 0 bridgehead atoms. The zero-order valence-corrected chi connectivity index (χ0v) is 7.83. The molecule has 0 aromatic heterocycles. The van der Waals surface area contributed by atoms with E-state index in [4.69, 9.17) is 0 Å². The third-order valence-corrected chi connectivity index (χ3v) is 2.70. The van der Waals surface area contributed by atoms with Crippen molar-refractivity contribution < 1.29 is 5.11 Å². The van der Waals surface area contributed by atoms with Gasteiger partial charge in [0, 0.05) is 4.90 Å². The molecule has 0 heterocycles. The molecule has 1 N–H and O–H groups in total. The Labute approximate surface area is 71.4 Å². The first kappa shape index (κ1) is 8.47. The summed E-state index contributed by atoms with van der Waals surface area (Å²) >= 11 is 1.72. The fourth-order valence-electron chi connectivity index (χ4n) is 1.25. The molecule has 0 amide bonds. The Hall–Kier alpha value is -0.630. The molecule has 0 atom stereocenters. The number of aromatic hydroxyl groups is 1. The van der Waals surface area contributed by atoms with Crippen molar-refractivity contribution in [2.24, 2.45) is 0 Å². The molecule has 0 aliphatic heterocycles. The van der Waals surface area contributed by atoms with Gasteiger partial charge in [0.25, 0.3) is 0 Å². The zero-order chi connectivity index (χ0) is 8.43. The lowest BCUT2D eigenvalue weighted by molar-refractivity contribution is 0.474. The predicted octanol–water partition coefficient (Wildman–Crippen LogP) is 2.73. The minimum Gasteiger partial charge on any atom is -0.508 e. The van der Waals surface area contributed by atoms with E-state index >= 15 is 0 Å². The van der Waals surface area contributed by atoms with Crippen LogP contribution in [0.15, 0.2) is 17.0 Å². The Morgan fingerprint density at radius 1 is 1.18 bits per heavy atom. The van der Waals surface area contributed by atoms with Gasteiger partial charge < -0.3 is 5.11 Å². The van der Waals surface area contributed by atoms with Gasteiger partial charge in [-0.25, -0.2) is 0 Å². The van der Waals surface area contributed by atoms with Crippen LogP contribution in [0, 0.1) is 13.8 Å². The zero-order valence-electron chi connectivity index (χ0n) is 7.01. The Balaban J connectivity index is 3.25. The van der Waals surface area contributed by atoms with Gasteiger partial charge in [0.2, 0.25) is 0 Å². The van der Waals surface area contributed by atoms with Crippen LogP contribution in [0.25, 0.3) is 0 Å². The molecule has 0 spiro atoms. The third-order valence-electron chi connectivity index (χ3n) is 1.65. The number of aryl methyl sites for hydroxylation is 2. The second-order valence-corrected chi connectivity index (χ2v) is 3.43. The number of benzene rings is 1. The van der Waals surface area contributed by atoms with Gasteiger partial charge >= 0.3 is 0 Å². The van der Waals surface area contributed by atoms with Crippen LogP contribution in [0.3, 0.4) is 0 Å². The van der Waals surface area contributed by atoms with Crippen molar-refractivity contribution in [3.63, 3.8) is 0 Å². The Kier molecular flexibility index (Phi) is 2.45. The second kappa shape index (κ2) is 3.18. The van der Waals surface area contributed by atoms with Crippen molar-refractivity contribution in [3.05, 3.63) is 23.3 Å². The van der Waals surface area contributed by atoms with Crippen molar-refractivity contribution in [1.29, 1.82) is 0 Å². The van der Waals surface area contributed by atoms with Crippen LogP contribution in [0.1, 0.15) is 11.1 Å². The van der Waals surface area contributed by atoms with E-state index in [1.54, 1.807) is 23.9 Å². The monoisotopic (exact) mass is 168 g/mol. The highest BCUT2D eigenvalue weighted by molar-refractivity contribution is 7.98. The second-order valence-electron chi connectivity index (χ2n) is 2.61. The van der Waals surface area contributed by atoms with Gasteiger partial charge in [-0.2, -0.15) is 0 Å². The highest BCUT2D eigenvalue weighted by Gasteiger charge is 2.01. The Morgan fingerprint density at radius 3 is 2.00 bits per heavy atom. The summed E-state index contributed by atoms with van der Waals surface area (Å²) in [5, 5.41) is 9.20. The van der Waals surface area contributed by atoms with Crippen LogP contribution in [0.2, 0.25) is 0 Å². The van der Waals surface area contributed by atoms with E-state index < -0.39 is 0 Å². The largest absolute Gasteiger partial charge is 0.508 e. The van der Waals surface area contributed by atoms with Crippen molar-refractivity contribution in [1.82, 2.24) is 0 Å². The maximum atomic E-state index is 9.20. The molecule has 0 aliphatic carbocycles. The average molecular weight is 168 g/mol. The van der Waals surface area contributed by atoms with E-state index in [0.29, 0.717) is 5.75 Å². The lowest BCUT2D eigenvalue weighted by Crippen LogP contribution is -1.83. The highest BCUT2D eigenvalue weighted by Crippen LogP contribution is 2.27. The van der Waals surface area contributed by atoms with E-state index in [-0.39, 0.29) is 0 Å². The molecule has 11 heavy (non-hydrogen) atoms. The summed E-state index contributed by atoms with van der Waals surface area (Å²) in [6.45, 7) is 4.02. The normalized spacial score (nSPS) is 10.1. The average Bonchev–Trinajstić information content (AvgIpc) is 1.85. The highest BCUT2D eigenvalue weighted by atomic mass is 32.2. The quantitative estimate of drug-likeness (QED) is 0.651. The number of rotatable bonds is 1. The smallest absolute Gasteiger partial charge is 0.116 e. The predicted molar refractivity (Wildman–Crippen MR) is 49.4 cm³/mol. The van der Waals surface area contributed by atoms with Crippen molar-refractivity contribution >= 4 is 11.8 Å². The molecule has 0 saturated carbocycles. The van der Waals surface area contributed by atoms with Crippen molar-refractivity contribution in [3.8, 4) is 5.75 Å². The number of hydrogen-bond acceptors (Lipinski definition) is 2. The molecule has 0 unspecified atom stereocenters. The summed E-state index contributed by atoms with van der Waals surface area (Å²) in [4.78, 5) is 1.27. The lowest BCUT2D eigenvalue weighted by atomic mass is 10.1. The molecule has 0 fully saturated rings. The number of thioether (sulfide) groups is 1. The molecule has 1 rings (SSSR count). The molecule has 1 nitrogen and oxygen atoms in total. The summed E-state index contributed by atoms with van der Waals surface area (Å²) in [6, 6.07) is 3.58. The van der Waals surface area contributed by atoms with E-state index in [2.05, 4.69) is 0 Å². The molecule has 0 aliphatic rings. The van der Waals surface area contributed by atoms with Crippen LogP contribution in [0.4, 0.5) is 0 Å². The van der Waals surface area contributed by atoms with Crippen LogP contribution in [-0.2, 0) is 0 Å². The Morgan fingerprint density at radius 2 is 1.64 bits per heavy atom. The minimum atomic E-state index is 0.359. The number of hydrogen-bond donors (Lipinski definition) is 1. The molecular formula is C9H12OS. The van der Waals surface area contributed by atoms with Crippen LogP contribution >= 0.6 is 11.8 Å². The third kappa shape index (κ3) is 1.69. The lowest BCUT2D eigenvalue weighted by Gasteiger charge is -2.06. The van der Waals surface area contributed by atoms with Gasteiger partial charge in [0.1, 0.15) is 5.75 Å². The van der Waals surface area contributed by atoms with E-state index in [9.17, 15) is 5.11 Å². The van der Waals surface area contributed by atoms with E-state index in [1.165, 1.54) is 4.90 Å². The van der Waals surface area contributed by atoms with Crippen LogP contribution < -0.4 is 0 Å². The van der Waals surface area contributed by atoms with Crippen LogP contribution in [0.5, 0.6) is 5.75 Å². The van der Waals surface area contributed by atoms with Gasteiger partial charge in [-0.3, -0.25) is 0 Å². The van der Waals surface area contributed by atoms with E-state index in [1.807, 2.05) is 20.1 Å². The Bertz CT molecular complexity index is 245. The maximum absolute atomic E-state index is 9.20. The number of phenols is 1. The molecule has 0 radical (unpaired) electrons. The fraction of sp³-hybridized carbons (Fsp3) is 0.333. The molecule has 1 aromatic carbocycles. The summed E-state index contributed by atoms with van der Waals surface area (Å²) in [5.41, 5.74) is 2.30. The topological polar surface area (TPSA) is 20.2 Å². The molecule has 2 heteroatoms. The standard InChI is InChI=1S/C9H12OS/c1-6-4-8(10)5-7(2)9(6)11-3/h4-5,10H,1-3H3. The first-order chi connectivity index (χ1) is 5.15. The van der Waals surface area contributed by atoms with Gasteiger partial charge in [0.15, 0.2) is 0 Å². The maximum Gasteiger partial charge on any atom is 0.116 e. The fourth-order valence-corrected chi connectivity index (χ4v) is 2.01. The first-order valence-corrected chi connectivity index (χ1v) is 4.72. The number of phenolic OH excluding ortho intramolecular Hbond substituents is 1. The summed E-state index contributed by atoms with van der Waals surface area (Å²) in [7, 11) is 0. The first-order valence-electron chi connectivity index (χ1n) is 3.49. The van der Waals surface area contributed by atoms with Gasteiger partial charge in [0.05, 0.1) is 0 Å². The van der Waals surface area contributed by atoms with Crippen molar-refractivity contribution in [2.75, 3.05) is 6.26 Å². The van der Waals surface area contributed by atoms with Gasteiger partial charge in [-0.05, 0) is 43.4 Å². The van der Waals surface area contributed by atoms with E-state index in [0.717, 1.165) is 11.1 Å². The molecule has 1 aromatic rings. The molecule has 0 saturated heterocycles. The summed E-state index contributed by atoms with van der Waals surface area (Å²) in [5.74, 6) is 0.359. The summed E-state index contributed by atoms with van der Waals surface area (Å²) < 4.78 is 0. The SMILES string of the molecule is CSc1c(C)cc(O)cc1C. The minimum absolute atomic E-state index is 0.359. The van der Waals surface area contributed by atoms with Crippen LogP contribution in [-0.4, -0.2) is 11.4 Å².